The number of aryl methyl sites for hydroxylation is 2. The number of aromatic nitrogens is 2. The van der Waals surface area contributed by atoms with Gasteiger partial charge in [-0.15, -0.1) is 12.4 Å². The molecule has 0 aliphatic carbocycles. The fraction of sp³-hybridized carbons (Fsp3) is 0.667. The number of hydrogen-bond donors (Lipinski definition) is 2. The van der Waals surface area contributed by atoms with Gasteiger partial charge in [0.05, 0.1) is 5.69 Å². The van der Waals surface area contributed by atoms with Gasteiger partial charge in [-0.05, 0) is 33.2 Å². The zero-order chi connectivity index (χ0) is 8.55. The Bertz CT molecular complexity index is 257. The van der Waals surface area contributed by atoms with Crippen LogP contribution in [0.25, 0.3) is 0 Å². The molecule has 4 heteroatoms. The first-order valence-electron chi connectivity index (χ1n) is 4.54. The molecule has 1 fully saturated rings. The summed E-state index contributed by atoms with van der Waals surface area (Å²) in [5.74, 6) is 0. The lowest BCUT2D eigenvalue weighted by Gasteiger charge is -2.09. The molecule has 0 spiro atoms. The Hall–Kier alpha value is -0.540. The third-order valence-corrected chi connectivity index (χ3v) is 2.59. The highest BCUT2D eigenvalue weighted by Crippen LogP contribution is 2.26. The van der Waals surface area contributed by atoms with Crippen LogP contribution in [0, 0.1) is 13.8 Å². The molecule has 3 nitrogen and oxygen atoms in total. The van der Waals surface area contributed by atoms with E-state index in [0.717, 1.165) is 12.2 Å². The normalized spacial score (nSPS) is 21.5. The van der Waals surface area contributed by atoms with Crippen molar-refractivity contribution in [2.45, 2.75) is 32.7 Å². The predicted molar refractivity (Wildman–Crippen MR) is 55.3 cm³/mol. The van der Waals surface area contributed by atoms with E-state index in [-0.39, 0.29) is 12.4 Å². The minimum atomic E-state index is 0. The molecule has 1 aliphatic rings. The monoisotopic (exact) mass is 201 g/mol. The first-order chi connectivity index (χ1) is 5.79. The van der Waals surface area contributed by atoms with Gasteiger partial charge in [-0.3, -0.25) is 5.10 Å². The number of nitrogens with one attached hydrogen (secondary N) is 2. The van der Waals surface area contributed by atoms with Crippen molar-refractivity contribution in [3.8, 4) is 0 Å². The summed E-state index contributed by atoms with van der Waals surface area (Å²) in [5, 5.41) is 10.7. The molecule has 1 aliphatic heterocycles. The van der Waals surface area contributed by atoms with Crippen molar-refractivity contribution >= 4 is 12.4 Å². The number of H-pyrrole nitrogens is 1. The van der Waals surface area contributed by atoms with Gasteiger partial charge in [0.2, 0.25) is 0 Å². The van der Waals surface area contributed by atoms with Gasteiger partial charge in [-0.25, -0.2) is 0 Å². The highest BCUT2D eigenvalue weighted by Gasteiger charge is 2.21. The second kappa shape index (κ2) is 4.11. The lowest BCUT2D eigenvalue weighted by Crippen LogP contribution is -2.14. The summed E-state index contributed by atoms with van der Waals surface area (Å²) in [6.07, 6.45) is 2.54. The van der Waals surface area contributed by atoms with Crippen molar-refractivity contribution in [2.24, 2.45) is 0 Å². The van der Waals surface area contributed by atoms with Crippen LogP contribution < -0.4 is 5.32 Å². The summed E-state index contributed by atoms with van der Waals surface area (Å²) in [7, 11) is 0. The molecule has 0 amide bonds. The van der Waals surface area contributed by atoms with Crippen LogP contribution in [-0.4, -0.2) is 16.7 Å². The van der Waals surface area contributed by atoms with Crippen molar-refractivity contribution in [1.29, 1.82) is 0 Å². The van der Waals surface area contributed by atoms with Crippen LogP contribution in [0.15, 0.2) is 0 Å². The number of rotatable bonds is 1. The molecule has 13 heavy (non-hydrogen) atoms. The van der Waals surface area contributed by atoms with Gasteiger partial charge in [-0.2, -0.15) is 5.10 Å². The van der Waals surface area contributed by atoms with Crippen molar-refractivity contribution < 1.29 is 0 Å². The molecule has 0 bridgehead atoms. The number of halogens is 1. The molecule has 1 aromatic rings. The van der Waals surface area contributed by atoms with Crippen molar-refractivity contribution in [3.05, 3.63) is 17.0 Å². The first-order valence-corrected chi connectivity index (χ1v) is 4.54. The molecule has 0 unspecified atom stereocenters. The molecule has 2 N–H and O–H groups in total. The van der Waals surface area contributed by atoms with Crippen LogP contribution >= 0.6 is 12.4 Å². The summed E-state index contributed by atoms with van der Waals surface area (Å²) in [5.41, 5.74) is 3.74. The van der Waals surface area contributed by atoms with E-state index in [1.54, 1.807) is 0 Å². The number of hydrogen-bond acceptors (Lipinski definition) is 2. The first kappa shape index (κ1) is 10.5. The molecule has 1 aromatic heterocycles. The average Bonchev–Trinajstić information content (AvgIpc) is 2.61. The third kappa shape index (κ3) is 1.86. The lowest BCUT2D eigenvalue weighted by atomic mass is 10.0. The smallest absolute Gasteiger partial charge is 0.0641 e. The Morgan fingerprint density at radius 1 is 1.38 bits per heavy atom. The molecule has 1 atom stereocenters. The van der Waals surface area contributed by atoms with Gasteiger partial charge < -0.3 is 5.32 Å². The fourth-order valence-corrected chi connectivity index (χ4v) is 2.00. The zero-order valence-corrected chi connectivity index (χ0v) is 8.87. The summed E-state index contributed by atoms with van der Waals surface area (Å²) in [6, 6.07) is 0.545. The highest BCUT2D eigenvalue weighted by atomic mass is 35.5. The number of aromatic amines is 1. The van der Waals surface area contributed by atoms with Crippen LogP contribution in [0.5, 0.6) is 0 Å². The summed E-state index contributed by atoms with van der Waals surface area (Å²) >= 11 is 0. The average molecular weight is 202 g/mol. The van der Waals surface area contributed by atoms with E-state index in [4.69, 9.17) is 0 Å². The van der Waals surface area contributed by atoms with Gasteiger partial charge in [0.1, 0.15) is 0 Å². The SMILES string of the molecule is Cc1n[nH]c(C)c1[C@@H]1CCCN1.Cl. The Kier molecular flexibility index (Phi) is 3.33. The molecule has 0 aromatic carbocycles. The molecule has 2 rings (SSSR count). The van der Waals surface area contributed by atoms with Crippen molar-refractivity contribution in [3.63, 3.8) is 0 Å². The topological polar surface area (TPSA) is 40.7 Å². The summed E-state index contributed by atoms with van der Waals surface area (Å²) in [6.45, 7) is 5.31. The Balaban J connectivity index is 0.000000845. The van der Waals surface area contributed by atoms with Crippen molar-refractivity contribution in [2.75, 3.05) is 6.54 Å². The maximum Gasteiger partial charge on any atom is 0.0641 e. The minimum absolute atomic E-state index is 0. The van der Waals surface area contributed by atoms with E-state index in [1.165, 1.54) is 24.1 Å². The van der Waals surface area contributed by atoms with Crippen LogP contribution in [-0.2, 0) is 0 Å². The molecule has 2 heterocycles. The van der Waals surface area contributed by atoms with E-state index in [1.807, 2.05) is 0 Å². The maximum absolute atomic E-state index is 4.20. The second-order valence-corrected chi connectivity index (χ2v) is 3.50. The summed E-state index contributed by atoms with van der Waals surface area (Å²) < 4.78 is 0. The van der Waals surface area contributed by atoms with Gasteiger partial charge >= 0.3 is 0 Å². The van der Waals surface area contributed by atoms with E-state index < -0.39 is 0 Å². The second-order valence-electron chi connectivity index (χ2n) is 3.50. The number of nitrogens with zero attached hydrogens (tertiary/aromatic N) is 1. The molecule has 1 saturated heterocycles. The Morgan fingerprint density at radius 2 is 2.15 bits per heavy atom. The standard InChI is InChI=1S/C9H15N3.ClH/c1-6-9(7(2)12-11-6)8-4-3-5-10-8;/h8,10H,3-5H2,1-2H3,(H,11,12);1H/t8-;/m0./s1. The van der Waals surface area contributed by atoms with Gasteiger partial charge in [0.15, 0.2) is 0 Å². The lowest BCUT2D eigenvalue weighted by molar-refractivity contribution is 0.640. The third-order valence-electron chi connectivity index (χ3n) is 2.59. The van der Waals surface area contributed by atoms with Crippen LogP contribution in [0.4, 0.5) is 0 Å². The van der Waals surface area contributed by atoms with Crippen molar-refractivity contribution in [1.82, 2.24) is 15.5 Å². The van der Waals surface area contributed by atoms with E-state index >= 15 is 0 Å². The van der Waals surface area contributed by atoms with Crippen LogP contribution in [0.1, 0.15) is 35.8 Å². The molecule has 0 radical (unpaired) electrons. The molecular formula is C9H16ClN3. The van der Waals surface area contributed by atoms with Gasteiger partial charge in [0.25, 0.3) is 0 Å². The predicted octanol–water partition coefficient (Wildman–Crippen LogP) is 1.87. The Labute approximate surface area is 84.7 Å². The van der Waals surface area contributed by atoms with E-state index in [2.05, 4.69) is 29.4 Å². The van der Waals surface area contributed by atoms with E-state index in [0.29, 0.717) is 6.04 Å². The minimum Gasteiger partial charge on any atom is -0.310 e. The molecule has 74 valence electrons. The van der Waals surface area contributed by atoms with Crippen LogP contribution in [0.2, 0.25) is 0 Å². The summed E-state index contributed by atoms with van der Waals surface area (Å²) in [4.78, 5) is 0. The van der Waals surface area contributed by atoms with Gasteiger partial charge in [0, 0.05) is 17.3 Å². The fourth-order valence-electron chi connectivity index (χ4n) is 2.00. The Morgan fingerprint density at radius 3 is 2.62 bits per heavy atom. The van der Waals surface area contributed by atoms with E-state index in [9.17, 15) is 0 Å². The quantitative estimate of drug-likeness (QED) is 0.729. The maximum atomic E-state index is 4.20. The molecule has 0 saturated carbocycles. The molecular weight excluding hydrogens is 186 g/mol. The largest absolute Gasteiger partial charge is 0.310 e. The highest BCUT2D eigenvalue weighted by molar-refractivity contribution is 5.85. The van der Waals surface area contributed by atoms with Gasteiger partial charge in [-0.1, -0.05) is 0 Å². The zero-order valence-electron chi connectivity index (χ0n) is 8.05. The van der Waals surface area contributed by atoms with Crippen LogP contribution in [0.3, 0.4) is 0 Å².